The van der Waals surface area contributed by atoms with E-state index in [1.54, 1.807) is 0 Å². The van der Waals surface area contributed by atoms with E-state index in [4.69, 9.17) is 0 Å². The molecule has 1 N–H and O–H groups in total. The summed E-state index contributed by atoms with van der Waals surface area (Å²) in [5.74, 6) is 0.220. The van der Waals surface area contributed by atoms with E-state index in [0.29, 0.717) is 12.6 Å². The summed E-state index contributed by atoms with van der Waals surface area (Å²) in [5.41, 5.74) is 1.18. The van der Waals surface area contributed by atoms with E-state index in [9.17, 15) is 4.79 Å². The molecule has 4 heteroatoms. The first-order valence-electron chi connectivity index (χ1n) is 7.54. The van der Waals surface area contributed by atoms with Crippen molar-refractivity contribution in [2.45, 2.75) is 31.5 Å². The highest BCUT2D eigenvalue weighted by Gasteiger charge is 2.34. The summed E-state index contributed by atoms with van der Waals surface area (Å²) in [4.78, 5) is 16.6. The second-order valence-electron chi connectivity index (χ2n) is 5.87. The summed E-state index contributed by atoms with van der Waals surface area (Å²) in [7, 11) is 2.18. The fourth-order valence-corrected chi connectivity index (χ4v) is 3.28. The average molecular weight is 273 g/mol. The van der Waals surface area contributed by atoms with E-state index in [1.165, 1.54) is 24.8 Å². The van der Waals surface area contributed by atoms with Crippen molar-refractivity contribution in [2.75, 3.05) is 26.7 Å². The zero-order valence-corrected chi connectivity index (χ0v) is 12.1. The lowest BCUT2D eigenvalue weighted by Gasteiger charge is -2.36. The number of nitrogens with one attached hydrogen (secondary N) is 1. The summed E-state index contributed by atoms with van der Waals surface area (Å²) in [6.45, 7) is 2.44. The molecule has 2 fully saturated rings. The van der Waals surface area contributed by atoms with Crippen LogP contribution in [0, 0.1) is 0 Å². The maximum absolute atomic E-state index is 12.2. The van der Waals surface area contributed by atoms with Crippen molar-refractivity contribution in [3.63, 3.8) is 0 Å². The minimum absolute atomic E-state index is 0.0408. The Hall–Kier alpha value is -1.39. The Morgan fingerprint density at radius 3 is 2.80 bits per heavy atom. The normalized spacial score (nSPS) is 28.1. The van der Waals surface area contributed by atoms with E-state index in [-0.39, 0.29) is 12.1 Å². The van der Waals surface area contributed by atoms with Gasteiger partial charge < -0.3 is 9.80 Å². The fourth-order valence-electron chi connectivity index (χ4n) is 3.28. The lowest BCUT2D eigenvalue weighted by molar-refractivity contribution is -0.129. The van der Waals surface area contributed by atoms with E-state index < -0.39 is 0 Å². The number of hydrogen-bond acceptors (Lipinski definition) is 3. The SMILES string of the molecule is CN1CCCCC1CN1C(=O)CNC1c1ccccc1. The van der Waals surface area contributed by atoms with Crippen LogP contribution < -0.4 is 5.32 Å². The molecule has 0 spiro atoms. The van der Waals surface area contributed by atoms with Gasteiger partial charge in [-0.05, 0) is 32.0 Å². The van der Waals surface area contributed by atoms with Gasteiger partial charge in [0.1, 0.15) is 6.17 Å². The molecule has 3 rings (SSSR count). The van der Waals surface area contributed by atoms with Crippen LogP contribution in [-0.4, -0.2) is 48.4 Å². The summed E-state index contributed by atoms with van der Waals surface area (Å²) < 4.78 is 0. The molecule has 1 aromatic carbocycles. The van der Waals surface area contributed by atoms with Gasteiger partial charge in [-0.3, -0.25) is 10.1 Å². The second kappa shape index (κ2) is 5.94. The number of carbonyl (C=O) groups excluding carboxylic acids is 1. The Labute approximate surface area is 120 Å². The number of rotatable bonds is 3. The van der Waals surface area contributed by atoms with Gasteiger partial charge in [-0.25, -0.2) is 0 Å². The summed E-state index contributed by atoms with van der Waals surface area (Å²) in [6.07, 6.45) is 3.79. The number of hydrogen-bond donors (Lipinski definition) is 1. The number of likely N-dealkylation sites (tertiary alicyclic amines) is 1. The van der Waals surface area contributed by atoms with Gasteiger partial charge in [-0.2, -0.15) is 0 Å². The first-order valence-corrected chi connectivity index (χ1v) is 7.54. The van der Waals surface area contributed by atoms with Crippen LogP contribution in [-0.2, 0) is 4.79 Å². The van der Waals surface area contributed by atoms with Crippen molar-refractivity contribution < 1.29 is 4.79 Å². The molecular weight excluding hydrogens is 250 g/mol. The molecule has 0 aromatic heterocycles. The van der Waals surface area contributed by atoms with E-state index in [0.717, 1.165) is 13.1 Å². The third-order valence-electron chi connectivity index (χ3n) is 4.52. The third-order valence-corrected chi connectivity index (χ3v) is 4.52. The monoisotopic (exact) mass is 273 g/mol. The van der Waals surface area contributed by atoms with Gasteiger partial charge in [-0.15, -0.1) is 0 Å². The van der Waals surface area contributed by atoms with Gasteiger partial charge in [0.15, 0.2) is 0 Å². The fraction of sp³-hybridized carbons (Fsp3) is 0.562. The Bertz CT molecular complexity index is 462. The van der Waals surface area contributed by atoms with Crippen molar-refractivity contribution in [3.8, 4) is 0 Å². The smallest absolute Gasteiger partial charge is 0.238 e. The number of amides is 1. The Morgan fingerprint density at radius 1 is 1.25 bits per heavy atom. The highest BCUT2D eigenvalue weighted by atomic mass is 16.2. The van der Waals surface area contributed by atoms with Gasteiger partial charge in [0, 0.05) is 12.6 Å². The molecule has 2 heterocycles. The Kier molecular flexibility index (Phi) is 4.03. The molecule has 20 heavy (non-hydrogen) atoms. The lowest BCUT2D eigenvalue weighted by Crippen LogP contribution is -2.46. The zero-order chi connectivity index (χ0) is 13.9. The Morgan fingerprint density at radius 2 is 2.05 bits per heavy atom. The molecule has 0 saturated carbocycles. The third kappa shape index (κ3) is 2.72. The number of benzene rings is 1. The van der Waals surface area contributed by atoms with Crippen LogP contribution in [0.5, 0.6) is 0 Å². The molecule has 0 aliphatic carbocycles. The van der Waals surface area contributed by atoms with Crippen LogP contribution in [0.25, 0.3) is 0 Å². The lowest BCUT2D eigenvalue weighted by atomic mass is 10.0. The molecule has 2 atom stereocenters. The number of piperidine rings is 1. The van der Waals surface area contributed by atoms with Crippen LogP contribution in [0.2, 0.25) is 0 Å². The molecule has 2 unspecified atom stereocenters. The molecule has 108 valence electrons. The van der Waals surface area contributed by atoms with Gasteiger partial charge in [0.25, 0.3) is 0 Å². The molecular formula is C16H23N3O. The van der Waals surface area contributed by atoms with Crippen LogP contribution in [0.15, 0.2) is 30.3 Å². The van der Waals surface area contributed by atoms with Crippen LogP contribution in [0.3, 0.4) is 0 Å². The number of carbonyl (C=O) groups is 1. The molecule has 2 saturated heterocycles. The topological polar surface area (TPSA) is 35.6 Å². The molecule has 4 nitrogen and oxygen atoms in total. The van der Waals surface area contributed by atoms with Crippen LogP contribution >= 0.6 is 0 Å². The van der Waals surface area contributed by atoms with Crippen molar-refractivity contribution in [1.29, 1.82) is 0 Å². The van der Waals surface area contributed by atoms with Gasteiger partial charge in [-0.1, -0.05) is 36.8 Å². The summed E-state index contributed by atoms with van der Waals surface area (Å²) >= 11 is 0. The van der Waals surface area contributed by atoms with Crippen molar-refractivity contribution in [3.05, 3.63) is 35.9 Å². The quantitative estimate of drug-likeness (QED) is 0.908. The predicted molar refractivity (Wildman–Crippen MR) is 79.2 cm³/mol. The number of nitrogens with zero attached hydrogens (tertiary/aromatic N) is 2. The minimum atomic E-state index is 0.0408. The maximum atomic E-state index is 12.2. The van der Waals surface area contributed by atoms with Crippen LogP contribution in [0.4, 0.5) is 0 Å². The maximum Gasteiger partial charge on any atom is 0.238 e. The zero-order valence-electron chi connectivity index (χ0n) is 12.1. The highest BCUT2D eigenvalue weighted by Crippen LogP contribution is 2.25. The van der Waals surface area contributed by atoms with Gasteiger partial charge in [0.05, 0.1) is 6.54 Å². The van der Waals surface area contributed by atoms with E-state index in [1.807, 2.05) is 23.1 Å². The second-order valence-corrected chi connectivity index (χ2v) is 5.87. The van der Waals surface area contributed by atoms with E-state index in [2.05, 4.69) is 29.4 Å². The highest BCUT2D eigenvalue weighted by molar-refractivity contribution is 5.81. The largest absolute Gasteiger partial charge is 0.320 e. The first kappa shape index (κ1) is 13.6. The van der Waals surface area contributed by atoms with Crippen molar-refractivity contribution in [2.24, 2.45) is 0 Å². The molecule has 0 bridgehead atoms. The van der Waals surface area contributed by atoms with Crippen molar-refractivity contribution >= 4 is 5.91 Å². The van der Waals surface area contributed by atoms with Gasteiger partial charge in [0.2, 0.25) is 5.91 Å². The first-order chi connectivity index (χ1) is 9.75. The molecule has 2 aliphatic heterocycles. The van der Waals surface area contributed by atoms with E-state index >= 15 is 0 Å². The Balaban J connectivity index is 1.74. The van der Waals surface area contributed by atoms with Crippen molar-refractivity contribution in [1.82, 2.24) is 15.1 Å². The molecule has 1 aromatic rings. The molecule has 0 radical (unpaired) electrons. The predicted octanol–water partition coefficient (Wildman–Crippen LogP) is 1.60. The minimum Gasteiger partial charge on any atom is -0.320 e. The standard InChI is InChI=1S/C16H23N3O/c1-18-10-6-5-9-14(18)12-19-15(20)11-17-16(19)13-7-3-2-4-8-13/h2-4,7-8,14,16-17H,5-6,9-12H2,1H3. The summed E-state index contributed by atoms with van der Waals surface area (Å²) in [6, 6.07) is 10.8. The summed E-state index contributed by atoms with van der Waals surface area (Å²) in [5, 5.41) is 3.34. The average Bonchev–Trinajstić information content (AvgIpc) is 2.84. The molecule has 2 aliphatic rings. The number of likely N-dealkylation sites (N-methyl/N-ethyl adjacent to an activating group) is 1. The van der Waals surface area contributed by atoms with Crippen LogP contribution in [0.1, 0.15) is 31.0 Å². The van der Waals surface area contributed by atoms with Gasteiger partial charge >= 0.3 is 0 Å². The molecule has 1 amide bonds.